The highest BCUT2D eigenvalue weighted by Crippen LogP contribution is 2.30. The third-order valence-corrected chi connectivity index (χ3v) is 6.19. The lowest BCUT2D eigenvalue weighted by molar-refractivity contribution is 0.0988. The van der Waals surface area contributed by atoms with Crippen LogP contribution in [0.3, 0.4) is 0 Å². The molecule has 168 valence electrons. The van der Waals surface area contributed by atoms with Crippen molar-refractivity contribution in [3.63, 3.8) is 0 Å². The van der Waals surface area contributed by atoms with Crippen molar-refractivity contribution in [1.82, 2.24) is 15.0 Å². The average Bonchev–Trinajstić information content (AvgIpc) is 3.22. The van der Waals surface area contributed by atoms with E-state index in [4.69, 9.17) is 10.2 Å². The van der Waals surface area contributed by atoms with E-state index in [2.05, 4.69) is 26.8 Å². The molecule has 0 bridgehead atoms. The minimum absolute atomic E-state index is 0.0605. The predicted octanol–water partition coefficient (Wildman–Crippen LogP) is 4.19. The fraction of sp³-hybridized carbons (Fsp3) is 0.308. The van der Waals surface area contributed by atoms with Crippen LogP contribution in [-0.4, -0.2) is 39.9 Å². The minimum Gasteiger partial charge on any atom is -0.462 e. The van der Waals surface area contributed by atoms with Crippen molar-refractivity contribution < 1.29 is 9.21 Å². The molecule has 2 atom stereocenters. The fourth-order valence-corrected chi connectivity index (χ4v) is 4.62. The second kappa shape index (κ2) is 8.75. The van der Waals surface area contributed by atoms with Crippen molar-refractivity contribution >= 4 is 22.6 Å². The van der Waals surface area contributed by atoms with E-state index in [1.807, 2.05) is 25.1 Å². The smallest absolute Gasteiger partial charge is 0.185 e. The zero-order chi connectivity index (χ0) is 22.9. The van der Waals surface area contributed by atoms with Gasteiger partial charge in [0.05, 0.1) is 0 Å². The molecule has 0 spiro atoms. The lowest BCUT2D eigenvalue weighted by Gasteiger charge is -2.37. The van der Waals surface area contributed by atoms with Gasteiger partial charge in [0.15, 0.2) is 11.4 Å². The van der Waals surface area contributed by atoms with Crippen LogP contribution in [0.25, 0.3) is 22.2 Å². The van der Waals surface area contributed by atoms with E-state index in [9.17, 15) is 4.79 Å². The Morgan fingerprint density at radius 2 is 2.06 bits per heavy atom. The maximum atomic E-state index is 13.3. The van der Waals surface area contributed by atoms with Gasteiger partial charge in [-0.25, -0.2) is 4.98 Å². The number of carbonyl (C=O) groups is 1. The number of nitrogens with two attached hydrogens (primary N) is 1. The van der Waals surface area contributed by atoms with E-state index in [-0.39, 0.29) is 18.2 Å². The zero-order valence-corrected chi connectivity index (χ0v) is 18.9. The molecule has 0 aliphatic carbocycles. The molecule has 1 saturated heterocycles. The lowest BCUT2D eigenvalue weighted by atomic mass is 9.95. The second-order valence-corrected chi connectivity index (χ2v) is 8.99. The Balaban J connectivity index is 1.43. The molecular weight excluding hydrogens is 414 g/mol. The Bertz CT molecular complexity index is 1290. The predicted molar refractivity (Wildman–Crippen MR) is 128 cm³/mol. The molecule has 1 aliphatic rings. The van der Waals surface area contributed by atoms with Gasteiger partial charge in [0.1, 0.15) is 17.5 Å². The summed E-state index contributed by atoms with van der Waals surface area (Å²) in [5.41, 5.74) is 12.5. The molecule has 7 nitrogen and oxygen atoms in total. The van der Waals surface area contributed by atoms with Gasteiger partial charge in [-0.05, 0) is 43.5 Å². The zero-order valence-electron chi connectivity index (χ0n) is 18.9. The van der Waals surface area contributed by atoms with Crippen LogP contribution in [0.2, 0.25) is 0 Å². The number of ketones is 1. The molecule has 1 fully saturated rings. The van der Waals surface area contributed by atoms with Crippen LogP contribution in [0, 0.1) is 12.8 Å². The Morgan fingerprint density at radius 1 is 1.18 bits per heavy atom. The van der Waals surface area contributed by atoms with Gasteiger partial charge in [0.25, 0.3) is 0 Å². The van der Waals surface area contributed by atoms with Gasteiger partial charge in [0.2, 0.25) is 0 Å². The summed E-state index contributed by atoms with van der Waals surface area (Å²) in [4.78, 5) is 28.8. The summed E-state index contributed by atoms with van der Waals surface area (Å²) in [7, 11) is 0. The van der Waals surface area contributed by atoms with Crippen molar-refractivity contribution in [2.24, 2.45) is 11.7 Å². The number of hydrogen-bond acceptors (Lipinski definition) is 7. The highest BCUT2D eigenvalue weighted by atomic mass is 16.3. The Morgan fingerprint density at radius 3 is 2.85 bits per heavy atom. The van der Waals surface area contributed by atoms with Gasteiger partial charge in [-0.15, -0.1) is 0 Å². The number of fused-ring (bicyclic) bond motifs is 1. The van der Waals surface area contributed by atoms with Crippen molar-refractivity contribution in [2.45, 2.75) is 32.7 Å². The lowest BCUT2D eigenvalue weighted by Crippen LogP contribution is -2.46. The number of pyridine rings is 3. The summed E-state index contributed by atoms with van der Waals surface area (Å²) < 4.78 is 5.68. The topological polar surface area (TPSA) is 98.1 Å². The normalized spacial score (nSPS) is 18.6. The molecule has 5 rings (SSSR count). The Hall–Kier alpha value is -3.58. The molecule has 0 saturated carbocycles. The molecular formula is C26H27N5O2. The molecule has 0 amide bonds. The van der Waals surface area contributed by atoms with Crippen LogP contribution >= 0.6 is 0 Å². The molecule has 0 aromatic carbocycles. The summed E-state index contributed by atoms with van der Waals surface area (Å²) in [5.74, 6) is 0.444. The van der Waals surface area contributed by atoms with E-state index in [0.29, 0.717) is 22.7 Å². The Kier molecular flexibility index (Phi) is 5.64. The Labute approximate surface area is 192 Å². The highest BCUT2D eigenvalue weighted by molar-refractivity contribution is 6.00. The maximum absolute atomic E-state index is 13.3. The third kappa shape index (κ3) is 4.36. The van der Waals surface area contributed by atoms with E-state index in [1.54, 1.807) is 37.0 Å². The van der Waals surface area contributed by atoms with E-state index in [0.717, 1.165) is 47.6 Å². The number of nitrogens with zero attached hydrogens (tertiary/aromatic N) is 4. The fourth-order valence-electron chi connectivity index (χ4n) is 4.62. The summed E-state index contributed by atoms with van der Waals surface area (Å²) in [6.45, 7) is 5.86. The number of aryl methyl sites for hydroxylation is 1. The van der Waals surface area contributed by atoms with Gasteiger partial charge >= 0.3 is 0 Å². The number of furan rings is 1. The molecule has 7 heteroatoms. The molecule has 33 heavy (non-hydrogen) atoms. The number of aromatic nitrogens is 3. The second-order valence-electron chi connectivity index (χ2n) is 8.99. The van der Waals surface area contributed by atoms with Crippen LogP contribution in [0.1, 0.15) is 35.1 Å². The molecule has 5 heterocycles. The molecule has 0 unspecified atom stereocenters. The summed E-state index contributed by atoms with van der Waals surface area (Å²) in [6, 6.07) is 9.56. The van der Waals surface area contributed by atoms with Crippen molar-refractivity contribution in [1.29, 1.82) is 0 Å². The van der Waals surface area contributed by atoms with Crippen LogP contribution < -0.4 is 10.6 Å². The average molecular weight is 442 g/mol. The summed E-state index contributed by atoms with van der Waals surface area (Å²) >= 11 is 0. The van der Waals surface area contributed by atoms with Crippen LogP contribution in [0.15, 0.2) is 59.6 Å². The van der Waals surface area contributed by atoms with E-state index < -0.39 is 0 Å². The maximum Gasteiger partial charge on any atom is 0.185 e. The first-order valence-corrected chi connectivity index (χ1v) is 11.3. The number of carbonyl (C=O) groups excluding carboxylic acids is 1. The first kappa shape index (κ1) is 21.3. The summed E-state index contributed by atoms with van der Waals surface area (Å²) in [5, 5.41) is 0. The van der Waals surface area contributed by atoms with Crippen LogP contribution in [0.5, 0.6) is 0 Å². The van der Waals surface area contributed by atoms with Gasteiger partial charge in [0, 0.05) is 72.2 Å². The number of Topliss-reactive ketones (excluding diaryl/α,β-unsaturated/α-hetero) is 1. The minimum atomic E-state index is -0.0605. The molecule has 2 N–H and O–H groups in total. The number of rotatable bonds is 5. The molecule has 4 aromatic heterocycles. The standard InChI is InChI=1S/C26H27N5O2/c1-16-9-20(27)14-31(13-16)23-7-8-28-11-19(23)10-24(32)22-5-6-25-26(30-22)21(15-33-25)18-4-3-17(2)29-12-18/h3-8,11-12,15-16,20H,9-10,13-14,27H2,1-2H3/t16-,20+/m1/s1. The van der Waals surface area contributed by atoms with E-state index in [1.165, 1.54) is 0 Å². The highest BCUT2D eigenvalue weighted by Gasteiger charge is 2.25. The molecule has 4 aromatic rings. The number of anilines is 1. The number of piperidine rings is 1. The van der Waals surface area contributed by atoms with Crippen molar-refractivity contribution in [2.75, 3.05) is 18.0 Å². The van der Waals surface area contributed by atoms with Crippen LogP contribution in [0.4, 0.5) is 5.69 Å². The first-order valence-electron chi connectivity index (χ1n) is 11.3. The van der Waals surface area contributed by atoms with Gasteiger partial charge in [-0.3, -0.25) is 14.8 Å². The van der Waals surface area contributed by atoms with Gasteiger partial charge in [-0.2, -0.15) is 0 Å². The quantitative estimate of drug-likeness (QED) is 0.464. The first-order chi connectivity index (χ1) is 16.0. The van der Waals surface area contributed by atoms with E-state index >= 15 is 0 Å². The van der Waals surface area contributed by atoms with Gasteiger partial charge in [-0.1, -0.05) is 13.0 Å². The molecule has 1 aliphatic heterocycles. The monoisotopic (exact) mass is 441 g/mol. The number of hydrogen-bond donors (Lipinski definition) is 1. The largest absolute Gasteiger partial charge is 0.462 e. The van der Waals surface area contributed by atoms with Crippen molar-refractivity contribution in [3.05, 3.63) is 72.1 Å². The van der Waals surface area contributed by atoms with Crippen molar-refractivity contribution in [3.8, 4) is 11.1 Å². The van der Waals surface area contributed by atoms with Crippen LogP contribution in [-0.2, 0) is 6.42 Å². The third-order valence-electron chi connectivity index (χ3n) is 6.19. The SMILES string of the molecule is Cc1ccc(-c2coc3ccc(C(=O)Cc4cnccc4N4C[C@H](C)C[C@H](N)C4)nc23)cn1. The molecule has 0 radical (unpaired) electrons. The van der Waals surface area contributed by atoms with Gasteiger partial charge < -0.3 is 15.1 Å². The summed E-state index contributed by atoms with van der Waals surface area (Å²) in [6.07, 6.45) is 8.24.